The standard InChI is InChI=1S/C15H24FNOS/c1-5-17(6-2)7-8-19-15-9-11(3)14(16)10-13(15)12(4)18/h9-10,12,18H,5-8H2,1-4H3/t12-/m0/s1. The second-order valence-electron chi connectivity index (χ2n) is 4.69. The molecule has 0 saturated carbocycles. The van der Waals surface area contributed by atoms with Crippen molar-refractivity contribution in [3.05, 3.63) is 29.1 Å². The normalized spacial score (nSPS) is 13.0. The van der Waals surface area contributed by atoms with Crippen LogP contribution in [0.25, 0.3) is 0 Å². The van der Waals surface area contributed by atoms with Gasteiger partial charge in [0.1, 0.15) is 5.82 Å². The van der Waals surface area contributed by atoms with Crippen LogP contribution in [-0.2, 0) is 0 Å². The van der Waals surface area contributed by atoms with E-state index in [1.165, 1.54) is 6.07 Å². The SMILES string of the molecule is CCN(CC)CCSc1cc(C)c(F)cc1[C@H](C)O. The zero-order valence-electron chi connectivity index (χ0n) is 12.2. The first kappa shape index (κ1) is 16.5. The highest BCUT2D eigenvalue weighted by atomic mass is 32.2. The van der Waals surface area contributed by atoms with E-state index >= 15 is 0 Å². The molecule has 2 nitrogen and oxygen atoms in total. The van der Waals surface area contributed by atoms with Gasteiger partial charge in [0.25, 0.3) is 0 Å². The number of rotatable bonds is 7. The van der Waals surface area contributed by atoms with Gasteiger partial charge in [-0.3, -0.25) is 0 Å². The van der Waals surface area contributed by atoms with Crippen molar-refractivity contribution in [3.63, 3.8) is 0 Å². The van der Waals surface area contributed by atoms with Crippen LogP contribution in [0, 0.1) is 12.7 Å². The van der Waals surface area contributed by atoms with Crippen molar-refractivity contribution in [3.8, 4) is 0 Å². The maximum atomic E-state index is 13.6. The third-order valence-electron chi connectivity index (χ3n) is 3.30. The summed E-state index contributed by atoms with van der Waals surface area (Å²) >= 11 is 1.69. The Morgan fingerprint density at radius 2 is 1.95 bits per heavy atom. The van der Waals surface area contributed by atoms with Gasteiger partial charge >= 0.3 is 0 Å². The van der Waals surface area contributed by atoms with Gasteiger partial charge in [-0.05, 0) is 50.2 Å². The summed E-state index contributed by atoms with van der Waals surface area (Å²) in [4.78, 5) is 3.34. The Bertz CT molecular complexity index is 405. The monoisotopic (exact) mass is 285 g/mol. The fourth-order valence-corrected chi connectivity index (χ4v) is 3.17. The number of aliphatic hydroxyl groups excluding tert-OH is 1. The lowest BCUT2D eigenvalue weighted by Gasteiger charge is -2.18. The van der Waals surface area contributed by atoms with Gasteiger partial charge in [0, 0.05) is 17.2 Å². The van der Waals surface area contributed by atoms with E-state index in [-0.39, 0.29) is 5.82 Å². The van der Waals surface area contributed by atoms with Crippen molar-refractivity contribution < 1.29 is 9.50 Å². The van der Waals surface area contributed by atoms with E-state index in [1.54, 1.807) is 25.6 Å². The molecule has 0 aliphatic rings. The molecular weight excluding hydrogens is 261 g/mol. The Morgan fingerprint density at radius 3 is 2.47 bits per heavy atom. The van der Waals surface area contributed by atoms with Gasteiger partial charge in [-0.25, -0.2) is 4.39 Å². The number of hydrogen-bond donors (Lipinski definition) is 1. The third kappa shape index (κ3) is 4.79. The predicted molar refractivity (Wildman–Crippen MR) is 80.3 cm³/mol. The van der Waals surface area contributed by atoms with Crippen LogP contribution < -0.4 is 0 Å². The molecule has 0 amide bonds. The van der Waals surface area contributed by atoms with Crippen LogP contribution in [0.2, 0.25) is 0 Å². The summed E-state index contributed by atoms with van der Waals surface area (Å²) in [6.45, 7) is 10.8. The number of halogens is 1. The van der Waals surface area contributed by atoms with E-state index in [2.05, 4.69) is 18.7 Å². The molecule has 19 heavy (non-hydrogen) atoms. The van der Waals surface area contributed by atoms with Gasteiger partial charge in [0.05, 0.1) is 6.10 Å². The van der Waals surface area contributed by atoms with E-state index in [1.807, 2.05) is 6.07 Å². The van der Waals surface area contributed by atoms with E-state index in [4.69, 9.17) is 0 Å². The first-order chi connectivity index (χ1) is 8.99. The number of aryl methyl sites for hydroxylation is 1. The molecule has 0 fully saturated rings. The van der Waals surface area contributed by atoms with Crippen LogP contribution in [0.5, 0.6) is 0 Å². The van der Waals surface area contributed by atoms with Gasteiger partial charge < -0.3 is 10.0 Å². The number of benzene rings is 1. The van der Waals surface area contributed by atoms with E-state index in [9.17, 15) is 9.50 Å². The van der Waals surface area contributed by atoms with Gasteiger partial charge in [-0.2, -0.15) is 0 Å². The highest BCUT2D eigenvalue weighted by Crippen LogP contribution is 2.30. The molecule has 1 atom stereocenters. The van der Waals surface area contributed by atoms with Crippen LogP contribution in [0.1, 0.15) is 38.0 Å². The molecule has 0 bridgehead atoms. The molecule has 0 saturated heterocycles. The number of aliphatic hydroxyl groups is 1. The van der Waals surface area contributed by atoms with Gasteiger partial charge in [-0.1, -0.05) is 13.8 Å². The predicted octanol–water partition coefficient (Wildman–Crippen LogP) is 3.62. The molecule has 4 heteroatoms. The summed E-state index contributed by atoms with van der Waals surface area (Å²) in [6.07, 6.45) is -0.633. The van der Waals surface area contributed by atoms with Crippen LogP contribution >= 0.6 is 11.8 Å². The first-order valence-electron chi connectivity index (χ1n) is 6.82. The maximum Gasteiger partial charge on any atom is 0.126 e. The number of thioether (sulfide) groups is 1. The molecule has 0 aliphatic carbocycles. The fourth-order valence-electron chi connectivity index (χ4n) is 1.95. The first-order valence-corrected chi connectivity index (χ1v) is 7.81. The van der Waals surface area contributed by atoms with Gasteiger partial charge in [0.2, 0.25) is 0 Å². The highest BCUT2D eigenvalue weighted by molar-refractivity contribution is 7.99. The van der Waals surface area contributed by atoms with Crippen molar-refractivity contribution in [2.24, 2.45) is 0 Å². The molecule has 108 valence electrons. The molecule has 0 spiro atoms. The van der Waals surface area contributed by atoms with Gasteiger partial charge in [-0.15, -0.1) is 11.8 Å². The Balaban J connectivity index is 2.74. The average Bonchev–Trinajstić information content (AvgIpc) is 2.38. The number of nitrogens with zero attached hydrogens (tertiary/aromatic N) is 1. The van der Waals surface area contributed by atoms with E-state index in [0.29, 0.717) is 11.1 Å². The molecule has 1 aromatic carbocycles. The highest BCUT2D eigenvalue weighted by Gasteiger charge is 2.12. The minimum atomic E-state index is -0.633. The summed E-state index contributed by atoms with van der Waals surface area (Å²) in [5.41, 5.74) is 1.32. The quantitative estimate of drug-likeness (QED) is 0.774. The molecule has 0 aliphatic heterocycles. The third-order valence-corrected chi connectivity index (χ3v) is 4.35. The van der Waals surface area contributed by atoms with Crippen molar-refractivity contribution >= 4 is 11.8 Å². The van der Waals surface area contributed by atoms with Crippen molar-refractivity contribution in [2.75, 3.05) is 25.4 Å². The second-order valence-corrected chi connectivity index (χ2v) is 5.83. The second kappa shape index (κ2) is 7.88. The number of hydrogen-bond acceptors (Lipinski definition) is 3. The lowest BCUT2D eigenvalue weighted by molar-refractivity contribution is 0.196. The lowest BCUT2D eigenvalue weighted by Crippen LogP contribution is -2.25. The average molecular weight is 285 g/mol. The zero-order valence-corrected chi connectivity index (χ0v) is 13.1. The Labute approximate surface area is 120 Å². The lowest BCUT2D eigenvalue weighted by atomic mass is 10.1. The van der Waals surface area contributed by atoms with E-state index < -0.39 is 6.10 Å². The molecule has 0 heterocycles. The minimum Gasteiger partial charge on any atom is -0.389 e. The Morgan fingerprint density at radius 1 is 1.32 bits per heavy atom. The summed E-state index contributed by atoms with van der Waals surface area (Å²) in [5.74, 6) is 0.705. The topological polar surface area (TPSA) is 23.5 Å². The maximum absolute atomic E-state index is 13.6. The fraction of sp³-hybridized carbons (Fsp3) is 0.600. The van der Waals surface area contributed by atoms with Crippen LogP contribution in [0.4, 0.5) is 4.39 Å². The minimum absolute atomic E-state index is 0.246. The largest absolute Gasteiger partial charge is 0.389 e. The molecule has 1 aromatic rings. The molecule has 1 N–H and O–H groups in total. The summed E-state index contributed by atoms with van der Waals surface area (Å²) in [6, 6.07) is 3.30. The molecule has 0 unspecified atom stereocenters. The van der Waals surface area contributed by atoms with Crippen molar-refractivity contribution in [1.82, 2.24) is 4.90 Å². The van der Waals surface area contributed by atoms with Gasteiger partial charge in [0.15, 0.2) is 0 Å². The molecule has 0 radical (unpaired) electrons. The van der Waals surface area contributed by atoms with Crippen LogP contribution in [0.15, 0.2) is 17.0 Å². The van der Waals surface area contributed by atoms with Crippen molar-refractivity contribution in [1.29, 1.82) is 0 Å². The summed E-state index contributed by atoms with van der Waals surface area (Å²) < 4.78 is 13.6. The van der Waals surface area contributed by atoms with Crippen LogP contribution in [-0.4, -0.2) is 35.4 Å². The summed E-state index contributed by atoms with van der Waals surface area (Å²) in [7, 11) is 0. The molecule has 1 rings (SSSR count). The van der Waals surface area contributed by atoms with E-state index in [0.717, 1.165) is 30.3 Å². The molecule has 0 aromatic heterocycles. The van der Waals surface area contributed by atoms with Crippen molar-refractivity contribution in [2.45, 2.75) is 38.7 Å². The summed E-state index contributed by atoms with van der Waals surface area (Å²) in [5, 5.41) is 9.73. The van der Waals surface area contributed by atoms with Crippen LogP contribution in [0.3, 0.4) is 0 Å². The smallest absolute Gasteiger partial charge is 0.126 e. The Kier molecular flexibility index (Phi) is 6.83. The Hall–Kier alpha value is -0.580. The molecular formula is C15H24FNOS. The zero-order chi connectivity index (χ0) is 14.4.